The van der Waals surface area contributed by atoms with Gasteiger partial charge in [0.1, 0.15) is 11.6 Å². The van der Waals surface area contributed by atoms with Gasteiger partial charge in [-0.2, -0.15) is 9.83 Å². The predicted octanol–water partition coefficient (Wildman–Crippen LogP) is 5.06. The van der Waals surface area contributed by atoms with Gasteiger partial charge in [0.2, 0.25) is 0 Å². The lowest BCUT2D eigenvalue weighted by Crippen LogP contribution is -2.42. The minimum atomic E-state index is -0.364. The largest absolute Gasteiger partial charge is 0.377 e. The molecule has 6 nitrogen and oxygen atoms in total. The van der Waals surface area contributed by atoms with Crippen LogP contribution < -0.4 is 14.4 Å². The Morgan fingerprint density at radius 1 is 1.12 bits per heavy atom. The summed E-state index contributed by atoms with van der Waals surface area (Å²) >= 11 is 7.86. The standard InChI is InChI=1S/C25H19ClN5OS/c1-29(2)19-9-11-30(12-10-19)22(13-17(15-27)16-28)25(32)31-20-5-3-4-6-23(20)33-24-8-7-18(26)14-21(24)31/h3-14,27H,1-2H3/q+1/b22-13-. The number of fused-ring (bicyclic) bond motifs is 2. The maximum absolute atomic E-state index is 14.1. The molecular formula is C25H19ClN5OS+. The van der Waals surface area contributed by atoms with Gasteiger partial charge in [0.05, 0.1) is 11.4 Å². The minimum absolute atomic E-state index is 0.0616. The number of anilines is 3. The number of rotatable bonds is 4. The Kier molecular flexibility index (Phi) is 6.34. The quantitative estimate of drug-likeness (QED) is 0.189. The van der Waals surface area contributed by atoms with Crippen LogP contribution in [0.15, 0.2) is 88.4 Å². The van der Waals surface area contributed by atoms with Crippen LogP contribution >= 0.6 is 23.4 Å². The number of pyridine rings is 1. The normalized spacial score (nSPS) is 12.2. The molecule has 0 atom stereocenters. The molecule has 0 unspecified atom stereocenters. The maximum Gasteiger partial charge on any atom is 0.328 e. The number of nitrogens with zero attached hydrogens (tertiary/aromatic N) is 4. The molecule has 1 aliphatic heterocycles. The van der Waals surface area contributed by atoms with Crippen LogP contribution in [-0.2, 0) is 4.79 Å². The summed E-state index contributed by atoms with van der Waals surface area (Å²) in [5.41, 5.74) is 2.47. The van der Waals surface area contributed by atoms with E-state index in [2.05, 4.69) is 5.87 Å². The number of benzene rings is 2. The SMILES string of the molecule is CN(C)c1cc[n+](/C(=C\C(=C=N)C#N)C(=O)N2c3ccccc3Sc3ccc(Cl)cc32)cc1. The molecule has 1 aromatic heterocycles. The smallest absolute Gasteiger partial charge is 0.328 e. The number of amides is 1. The second-order valence-electron chi connectivity index (χ2n) is 7.36. The van der Waals surface area contributed by atoms with Crippen molar-refractivity contribution in [2.75, 3.05) is 23.9 Å². The fraction of sp³-hybridized carbons (Fsp3) is 0.0800. The van der Waals surface area contributed by atoms with E-state index in [1.54, 1.807) is 45.8 Å². The summed E-state index contributed by atoms with van der Waals surface area (Å²) < 4.78 is 1.64. The molecule has 2 aromatic carbocycles. The molecule has 2 heterocycles. The Balaban J connectivity index is 1.91. The molecule has 0 aliphatic carbocycles. The van der Waals surface area contributed by atoms with Crippen molar-refractivity contribution in [2.24, 2.45) is 0 Å². The van der Waals surface area contributed by atoms with Gasteiger partial charge in [-0.1, -0.05) is 35.5 Å². The molecular weight excluding hydrogens is 454 g/mol. The van der Waals surface area contributed by atoms with Crippen LogP contribution in [0.3, 0.4) is 0 Å². The monoisotopic (exact) mass is 472 g/mol. The fourth-order valence-electron chi connectivity index (χ4n) is 3.42. The van der Waals surface area contributed by atoms with Crippen molar-refractivity contribution in [1.82, 2.24) is 0 Å². The number of nitrogens with one attached hydrogen (secondary N) is 1. The van der Waals surface area contributed by atoms with Crippen LogP contribution in [0.4, 0.5) is 17.1 Å². The van der Waals surface area contributed by atoms with E-state index >= 15 is 0 Å². The van der Waals surface area contributed by atoms with Gasteiger partial charge in [0, 0.05) is 52.8 Å². The van der Waals surface area contributed by atoms with Crippen molar-refractivity contribution in [3.8, 4) is 6.07 Å². The van der Waals surface area contributed by atoms with Gasteiger partial charge in [0.25, 0.3) is 5.70 Å². The Morgan fingerprint density at radius 2 is 1.82 bits per heavy atom. The third-order valence-electron chi connectivity index (χ3n) is 5.05. The number of aromatic nitrogens is 1. The lowest BCUT2D eigenvalue weighted by molar-refractivity contribution is -0.577. The van der Waals surface area contributed by atoms with E-state index in [1.807, 2.05) is 67.5 Å². The summed E-state index contributed by atoms with van der Waals surface area (Å²) in [7, 11) is 3.85. The Labute approximate surface area is 201 Å². The van der Waals surface area contributed by atoms with E-state index in [-0.39, 0.29) is 17.2 Å². The number of hydrogen-bond donors (Lipinski definition) is 1. The average molecular weight is 473 g/mol. The molecule has 0 radical (unpaired) electrons. The molecule has 1 amide bonds. The number of carbonyl (C=O) groups is 1. The fourth-order valence-corrected chi connectivity index (χ4v) is 4.62. The first-order valence-electron chi connectivity index (χ1n) is 9.94. The first kappa shape index (κ1) is 22.4. The van der Waals surface area contributed by atoms with Gasteiger partial charge in [-0.15, -0.1) is 0 Å². The Morgan fingerprint density at radius 3 is 2.48 bits per heavy atom. The predicted molar refractivity (Wildman–Crippen MR) is 131 cm³/mol. The van der Waals surface area contributed by atoms with Crippen LogP contribution in [0, 0.1) is 16.7 Å². The molecule has 1 N–H and O–H groups in total. The second kappa shape index (κ2) is 9.35. The van der Waals surface area contributed by atoms with Gasteiger partial charge < -0.3 is 4.90 Å². The van der Waals surface area contributed by atoms with Crippen molar-refractivity contribution < 1.29 is 9.36 Å². The van der Waals surface area contributed by atoms with Gasteiger partial charge in [-0.05, 0) is 36.2 Å². The van der Waals surface area contributed by atoms with E-state index in [0.717, 1.165) is 21.2 Å². The molecule has 1 aliphatic rings. The number of hydrogen-bond acceptors (Lipinski definition) is 5. The van der Waals surface area contributed by atoms with E-state index in [1.165, 1.54) is 6.08 Å². The lowest BCUT2D eigenvalue weighted by Gasteiger charge is -2.30. The summed E-state index contributed by atoms with van der Waals surface area (Å²) in [6.07, 6.45) is 4.88. The summed E-state index contributed by atoms with van der Waals surface area (Å²) in [4.78, 5) is 19.5. The molecule has 0 bridgehead atoms. The molecule has 4 rings (SSSR count). The highest BCUT2D eigenvalue weighted by Gasteiger charge is 2.34. The number of carbonyl (C=O) groups excluding carboxylic acids is 1. The summed E-state index contributed by atoms with van der Waals surface area (Å²) in [6.45, 7) is 0. The van der Waals surface area contributed by atoms with E-state index in [0.29, 0.717) is 10.7 Å². The lowest BCUT2D eigenvalue weighted by atomic mass is 10.1. The number of para-hydroxylation sites is 1. The highest BCUT2D eigenvalue weighted by Crippen LogP contribution is 2.49. The van der Waals surface area contributed by atoms with Crippen molar-refractivity contribution in [3.05, 3.63) is 83.7 Å². The maximum atomic E-state index is 14.1. The molecule has 0 saturated carbocycles. The third kappa shape index (κ3) is 4.41. The molecule has 3 aromatic rings. The van der Waals surface area contributed by atoms with Crippen molar-refractivity contribution in [2.45, 2.75) is 9.79 Å². The minimum Gasteiger partial charge on any atom is -0.377 e. The third-order valence-corrected chi connectivity index (χ3v) is 6.42. The van der Waals surface area contributed by atoms with Crippen molar-refractivity contribution >= 4 is 57.9 Å². The second-order valence-corrected chi connectivity index (χ2v) is 8.88. The van der Waals surface area contributed by atoms with Crippen LogP contribution in [0.5, 0.6) is 0 Å². The average Bonchev–Trinajstić information content (AvgIpc) is 2.83. The highest BCUT2D eigenvalue weighted by molar-refractivity contribution is 7.99. The van der Waals surface area contributed by atoms with Crippen molar-refractivity contribution in [3.63, 3.8) is 0 Å². The van der Waals surface area contributed by atoms with Gasteiger partial charge in [-0.25, -0.2) is 0 Å². The Bertz CT molecular complexity index is 1370. The number of allylic oxidation sites excluding steroid dienone is 2. The topological polar surface area (TPSA) is 75.1 Å². The molecule has 0 spiro atoms. The van der Waals surface area contributed by atoms with Gasteiger partial charge >= 0.3 is 5.91 Å². The zero-order valence-corrected chi connectivity index (χ0v) is 19.5. The first-order valence-corrected chi connectivity index (χ1v) is 11.1. The molecule has 8 heteroatoms. The number of nitriles is 1. The molecule has 0 saturated heterocycles. The van der Waals surface area contributed by atoms with E-state index in [9.17, 15) is 10.1 Å². The Hall–Kier alpha value is -3.82. The first-order chi connectivity index (χ1) is 15.9. The van der Waals surface area contributed by atoms with Crippen LogP contribution in [0.25, 0.3) is 5.70 Å². The van der Waals surface area contributed by atoms with Gasteiger partial charge in [-0.3, -0.25) is 15.1 Å². The molecule has 0 fully saturated rings. The van der Waals surface area contributed by atoms with Crippen LogP contribution in [-0.4, -0.2) is 25.9 Å². The van der Waals surface area contributed by atoms with E-state index in [4.69, 9.17) is 17.0 Å². The van der Waals surface area contributed by atoms with Crippen molar-refractivity contribution in [1.29, 1.82) is 10.7 Å². The van der Waals surface area contributed by atoms with Crippen LogP contribution in [0.2, 0.25) is 5.02 Å². The zero-order chi connectivity index (χ0) is 23.5. The van der Waals surface area contributed by atoms with E-state index < -0.39 is 0 Å². The molecule has 33 heavy (non-hydrogen) atoms. The zero-order valence-electron chi connectivity index (χ0n) is 17.9. The summed E-state index contributed by atoms with van der Waals surface area (Å²) in [6, 6.07) is 18.7. The summed E-state index contributed by atoms with van der Waals surface area (Å²) in [5.74, 6) is 1.73. The molecule has 162 valence electrons. The summed E-state index contributed by atoms with van der Waals surface area (Å²) in [5, 5.41) is 17.4. The van der Waals surface area contributed by atoms with Crippen LogP contribution in [0.1, 0.15) is 0 Å². The van der Waals surface area contributed by atoms with Gasteiger partial charge in [0.15, 0.2) is 12.4 Å². The number of halogens is 1. The highest BCUT2D eigenvalue weighted by atomic mass is 35.5.